The van der Waals surface area contributed by atoms with Crippen LogP contribution in [-0.2, 0) is 9.53 Å². The minimum atomic E-state index is -0.270. The van der Waals surface area contributed by atoms with Crippen molar-refractivity contribution in [3.05, 3.63) is 22.8 Å². The van der Waals surface area contributed by atoms with Gasteiger partial charge in [-0.25, -0.2) is 9.97 Å². The van der Waals surface area contributed by atoms with E-state index in [1.54, 1.807) is 6.20 Å². The Morgan fingerprint density at radius 3 is 3.12 bits per heavy atom. The number of halogens is 1. The Morgan fingerprint density at radius 1 is 1.36 bits per heavy atom. The lowest BCUT2D eigenvalue weighted by Gasteiger charge is -2.47. The second-order valence-electron chi connectivity index (χ2n) is 6.91. The van der Waals surface area contributed by atoms with Gasteiger partial charge >= 0.3 is 0 Å². The third kappa shape index (κ3) is 2.29. The van der Waals surface area contributed by atoms with E-state index in [-0.39, 0.29) is 24.1 Å². The van der Waals surface area contributed by atoms with Crippen LogP contribution >= 0.6 is 15.9 Å². The lowest BCUT2D eigenvalue weighted by atomic mass is 10.0. The summed E-state index contributed by atoms with van der Waals surface area (Å²) in [5.41, 5.74) is 6.71. The molecule has 132 valence electrons. The van der Waals surface area contributed by atoms with Crippen LogP contribution in [0, 0.1) is 0 Å². The summed E-state index contributed by atoms with van der Waals surface area (Å²) < 4.78 is 8.65. The summed E-state index contributed by atoms with van der Waals surface area (Å²) in [6, 6.07) is 0.193. The molecule has 0 bridgehead atoms. The standard InChI is InChI=1S/C16H19BrN6O2/c17-13-12-14(18)19-3-5-22(12)15(20-13)11-7-23-9(8-25-11)6-21-4-1-2-10(21)16(23)24/h3,5,9-11H,1-2,4,6-8H2,(H2,18,19)/t9-,10-,11-/m1/s1. The average Bonchev–Trinajstić information content (AvgIpc) is 3.20. The molecule has 1 amide bonds. The number of hydrogen-bond donors (Lipinski definition) is 1. The zero-order valence-electron chi connectivity index (χ0n) is 13.6. The van der Waals surface area contributed by atoms with E-state index in [1.807, 2.05) is 15.5 Å². The predicted molar refractivity (Wildman–Crippen MR) is 93.9 cm³/mol. The number of anilines is 1. The molecular formula is C16H19BrN6O2. The molecule has 9 heteroatoms. The van der Waals surface area contributed by atoms with Crippen molar-refractivity contribution in [2.24, 2.45) is 0 Å². The third-order valence-electron chi connectivity index (χ3n) is 5.53. The van der Waals surface area contributed by atoms with Crippen molar-refractivity contribution in [1.82, 2.24) is 24.2 Å². The number of carbonyl (C=O) groups is 1. The maximum Gasteiger partial charge on any atom is 0.240 e. The number of carbonyl (C=O) groups excluding carboxylic acids is 1. The summed E-state index contributed by atoms with van der Waals surface area (Å²) in [5.74, 6) is 1.40. The first kappa shape index (κ1) is 15.5. The van der Waals surface area contributed by atoms with Crippen LogP contribution in [-0.4, -0.2) is 68.4 Å². The fraction of sp³-hybridized carbons (Fsp3) is 0.562. The number of amides is 1. The molecule has 3 aliphatic heterocycles. The molecule has 0 aromatic carbocycles. The maximum absolute atomic E-state index is 12.9. The smallest absolute Gasteiger partial charge is 0.240 e. The van der Waals surface area contributed by atoms with E-state index in [0.717, 1.165) is 37.3 Å². The minimum Gasteiger partial charge on any atom is -0.382 e. The summed E-state index contributed by atoms with van der Waals surface area (Å²) in [4.78, 5) is 25.9. The molecule has 2 aromatic heterocycles. The van der Waals surface area contributed by atoms with Gasteiger partial charge in [0.2, 0.25) is 5.91 Å². The van der Waals surface area contributed by atoms with Crippen molar-refractivity contribution in [2.45, 2.75) is 31.0 Å². The Balaban J connectivity index is 1.47. The van der Waals surface area contributed by atoms with E-state index >= 15 is 0 Å². The summed E-state index contributed by atoms with van der Waals surface area (Å²) >= 11 is 3.46. The van der Waals surface area contributed by atoms with Gasteiger partial charge in [0.15, 0.2) is 5.82 Å². The van der Waals surface area contributed by atoms with Gasteiger partial charge in [-0.2, -0.15) is 0 Å². The molecule has 5 heterocycles. The van der Waals surface area contributed by atoms with Crippen LogP contribution < -0.4 is 5.73 Å². The molecule has 3 atom stereocenters. The van der Waals surface area contributed by atoms with Crippen molar-refractivity contribution < 1.29 is 9.53 Å². The van der Waals surface area contributed by atoms with Crippen molar-refractivity contribution in [2.75, 3.05) is 32.0 Å². The van der Waals surface area contributed by atoms with Gasteiger partial charge in [0.1, 0.15) is 22.0 Å². The predicted octanol–water partition coefficient (Wildman–Crippen LogP) is 0.820. The molecule has 0 aliphatic carbocycles. The van der Waals surface area contributed by atoms with Crippen LogP contribution in [0.15, 0.2) is 17.0 Å². The number of aromatic nitrogens is 3. The number of piperazine rings is 1. The molecule has 3 fully saturated rings. The highest BCUT2D eigenvalue weighted by Gasteiger charge is 2.46. The molecular weight excluding hydrogens is 388 g/mol. The van der Waals surface area contributed by atoms with E-state index in [2.05, 4.69) is 30.8 Å². The topological polar surface area (TPSA) is 89.0 Å². The lowest BCUT2D eigenvalue weighted by Crippen LogP contribution is -2.63. The summed E-state index contributed by atoms with van der Waals surface area (Å²) in [5, 5.41) is 0. The van der Waals surface area contributed by atoms with Crippen LogP contribution in [0.5, 0.6) is 0 Å². The van der Waals surface area contributed by atoms with Crippen molar-refractivity contribution >= 4 is 33.2 Å². The molecule has 0 spiro atoms. The highest BCUT2D eigenvalue weighted by molar-refractivity contribution is 9.10. The minimum absolute atomic E-state index is 0.0543. The van der Waals surface area contributed by atoms with Gasteiger partial charge < -0.3 is 15.4 Å². The first-order valence-electron chi connectivity index (χ1n) is 8.57. The molecule has 2 N–H and O–H groups in total. The molecule has 8 nitrogen and oxygen atoms in total. The van der Waals surface area contributed by atoms with E-state index in [0.29, 0.717) is 23.6 Å². The first-order valence-corrected chi connectivity index (χ1v) is 9.37. The Morgan fingerprint density at radius 2 is 2.24 bits per heavy atom. The Bertz CT molecular complexity index is 855. The van der Waals surface area contributed by atoms with Gasteiger partial charge in [-0.1, -0.05) is 0 Å². The van der Waals surface area contributed by atoms with Gasteiger partial charge in [0, 0.05) is 18.9 Å². The highest BCUT2D eigenvalue weighted by Crippen LogP contribution is 2.34. The molecule has 2 aromatic rings. The van der Waals surface area contributed by atoms with E-state index < -0.39 is 0 Å². The molecule has 3 saturated heterocycles. The van der Waals surface area contributed by atoms with E-state index in [1.165, 1.54) is 0 Å². The zero-order valence-corrected chi connectivity index (χ0v) is 15.2. The maximum atomic E-state index is 12.9. The van der Waals surface area contributed by atoms with E-state index in [4.69, 9.17) is 10.5 Å². The van der Waals surface area contributed by atoms with Crippen LogP contribution in [0.4, 0.5) is 5.82 Å². The normalized spacial score (nSPS) is 29.9. The van der Waals surface area contributed by atoms with Crippen LogP contribution in [0.2, 0.25) is 0 Å². The quantitative estimate of drug-likeness (QED) is 0.753. The highest BCUT2D eigenvalue weighted by atomic mass is 79.9. The number of nitrogens with two attached hydrogens (primary N) is 1. The number of hydrogen-bond acceptors (Lipinski definition) is 6. The number of imidazole rings is 1. The third-order valence-corrected chi connectivity index (χ3v) is 6.08. The largest absolute Gasteiger partial charge is 0.382 e. The van der Waals surface area contributed by atoms with Crippen molar-refractivity contribution in [1.29, 1.82) is 0 Å². The SMILES string of the molecule is Nc1nccn2c([C@H]3CN4C(=O)[C@H]5CCCN5C[C@@H]4CO3)nc(Br)c12. The molecule has 0 radical (unpaired) electrons. The molecule has 25 heavy (non-hydrogen) atoms. The van der Waals surface area contributed by atoms with Crippen LogP contribution in [0.3, 0.4) is 0 Å². The average molecular weight is 407 g/mol. The summed E-state index contributed by atoms with van der Waals surface area (Å²) in [7, 11) is 0. The Labute approximate surface area is 153 Å². The van der Waals surface area contributed by atoms with Gasteiger partial charge in [-0.3, -0.25) is 14.1 Å². The van der Waals surface area contributed by atoms with Gasteiger partial charge in [-0.15, -0.1) is 0 Å². The second kappa shape index (κ2) is 5.65. The fourth-order valence-electron chi connectivity index (χ4n) is 4.33. The molecule has 3 aliphatic rings. The number of rotatable bonds is 1. The van der Waals surface area contributed by atoms with Crippen molar-refractivity contribution in [3.63, 3.8) is 0 Å². The van der Waals surface area contributed by atoms with Crippen LogP contribution in [0.1, 0.15) is 24.8 Å². The number of nitrogens with zero attached hydrogens (tertiary/aromatic N) is 5. The first-order chi connectivity index (χ1) is 12.1. The summed E-state index contributed by atoms with van der Waals surface area (Å²) in [6.45, 7) is 2.99. The Kier molecular flexibility index (Phi) is 3.51. The zero-order chi connectivity index (χ0) is 17.1. The number of morpholine rings is 1. The van der Waals surface area contributed by atoms with Gasteiger partial charge in [-0.05, 0) is 35.3 Å². The summed E-state index contributed by atoms with van der Waals surface area (Å²) in [6.07, 6.45) is 5.27. The monoisotopic (exact) mass is 406 g/mol. The number of nitrogen functional groups attached to an aromatic ring is 1. The lowest BCUT2D eigenvalue weighted by molar-refractivity contribution is -0.160. The van der Waals surface area contributed by atoms with Gasteiger partial charge in [0.25, 0.3) is 0 Å². The van der Waals surface area contributed by atoms with E-state index in [9.17, 15) is 4.79 Å². The molecule has 0 unspecified atom stereocenters. The fourth-order valence-corrected chi connectivity index (χ4v) is 4.91. The second-order valence-corrected chi connectivity index (χ2v) is 7.66. The van der Waals surface area contributed by atoms with Crippen LogP contribution in [0.25, 0.3) is 5.52 Å². The molecule has 0 saturated carbocycles. The number of fused-ring (bicyclic) bond motifs is 3. The Hall–Kier alpha value is -1.71. The molecule has 5 rings (SSSR count). The van der Waals surface area contributed by atoms with Gasteiger partial charge in [0.05, 0.1) is 25.2 Å². The number of ether oxygens (including phenoxy) is 1. The van der Waals surface area contributed by atoms with Crippen molar-refractivity contribution in [3.8, 4) is 0 Å².